The molecule has 0 fully saturated rings. The van der Waals surface area contributed by atoms with Crippen LogP contribution in [-0.4, -0.2) is 21.6 Å². The normalized spacial score (nSPS) is 10.9. The summed E-state index contributed by atoms with van der Waals surface area (Å²) < 4.78 is 14.9. The molecular formula is C23H23FN4O2. The van der Waals surface area contributed by atoms with Crippen molar-refractivity contribution in [3.05, 3.63) is 77.7 Å². The van der Waals surface area contributed by atoms with Crippen LogP contribution in [0.4, 0.5) is 10.1 Å². The number of aryl methyl sites for hydroxylation is 1. The number of amides is 2. The van der Waals surface area contributed by atoms with Crippen LogP contribution in [-0.2, 0) is 23.2 Å². The summed E-state index contributed by atoms with van der Waals surface area (Å²) in [7, 11) is 1.79. The molecule has 154 valence electrons. The van der Waals surface area contributed by atoms with Crippen molar-refractivity contribution in [2.75, 3.05) is 5.32 Å². The first-order chi connectivity index (χ1) is 14.5. The Morgan fingerprint density at radius 1 is 1.10 bits per heavy atom. The Morgan fingerprint density at radius 2 is 1.80 bits per heavy atom. The first kappa shape index (κ1) is 21.0. The predicted molar refractivity (Wildman–Crippen MR) is 115 cm³/mol. The summed E-state index contributed by atoms with van der Waals surface area (Å²) in [5.41, 5.74) is 3.95. The van der Waals surface area contributed by atoms with Crippen LogP contribution in [0.25, 0.3) is 17.3 Å². The molecule has 0 atom stereocenters. The molecule has 0 aliphatic carbocycles. The summed E-state index contributed by atoms with van der Waals surface area (Å²) in [6.07, 6.45) is 5.21. The van der Waals surface area contributed by atoms with Crippen molar-refractivity contribution in [2.24, 2.45) is 7.05 Å². The van der Waals surface area contributed by atoms with Gasteiger partial charge in [0.05, 0.1) is 11.9 Å². The molecule has 1 heterocycles. The van der Waals surface area contributed by atoms with E-state index < -0.39 is 0 Å². The van der Waals surface area contributed by atoms with Crippen LogP contribution >= 0.6 is 0 Å². The second-order valence-electron chi connectivity index (χ2n) is 6.73. The van der Waals surface area contributed by atoms with Crippen LogP contribution in [0, 0.1) is 5.82 Å². The van der Waals surface area contributed by atoms with Gasteiger partial charge in [0, 0.05) is 42.9 Å². The van der Waals surface area contributed by atoms with Crippen molar-refractivity contribution in [1.29, 1.82) is 0 Å². The van der Waals surface area contributed by atoms with Crippen LogP contribution in [0.2, 0.25) is 0 Å². The molecule has 0 saturated heterocycles. The molecule has 0 spiro atoms. The lowest BCUT2D eigenvalue weighted by molar-refractivity contribution is -0.121. The van der Waals surface area contributed by atoms with E-state index in [1.165, 1.54) is 18.2 Å². The lowest BCUT2D eigenvalue weighted by atomic mass is 10.1. The molecule has 30 heavy (non-hydrogen) atoms. The largest absolute Gasteiger partial charge is 0.352 e. The highest BCUT2D eigenvalue weighted by atomic mass is 19.1. The summed E-state index contributed by atoms with van der Waals surface area (Å²) in [6, 6.07) is 13.4. The Kier molecular flexibility index (Phi) is 6.75. The van der Waals surface area contributed by atoms with E-state index in [-0.39, 0.29) is 17.6 Å². The zero-order valence-corrected chi connectivity index (χ0v) is 16.9. The van der Waals surface area contributed by atoms with E-state index in [1.54, 1.807) is 55.2 Å². The molecule has 0 unspecified atom stereocenters. The summed E-state index contributed by atoms with van der Waals surface area (Å²) in [6.45, 7) is 2.25. The molecule has 7 heteroatoms. The number of nitrogens with one attached hydrogen (secondary N) is 2. The molecule has 2 aromatic carbocycles. The summed E-state index contributed by atoms with van der Waals surface area (Å²) in [4.78, 5) is 23.6. The molecule has 0 aliphatic rings. The van der Waals surface area contributed by atoms with E-state index in [2.05, 4.69) is 15.7 Å². The SMILES string of the molecule is CCC(=O)NCc1ccc(NC(=O)C=Cc2cnn(C)c2-c2ccc(F)cc2)cc1. The van der Waals surface area contributed by atoms with E-state index in [9.17, 15) is 14.0 Å². The maximum absolute atomic E-state index is 13.2. The Bertz CT molecular complexity index is 1050. The average molecular weight is 406 g/mol. The van der Waals surface area contributed by atoms with Crippen LogP contribution in [0.3, 0.4) is 0 Å². The number of hydrogen-bond donors (Lipinski definition) is 2. The van der Waals surface area contributed by atoms with E-state index in [0.29, 0.717) is 18.7 Å². The smallest absolute Gasteiger partial charge is 0.248 e. The molecule has 2 N–H and O–H groups in total. The van der Waals surface area contributed by atoms with Gasteiger partial charge in [-0.25, -0.2) is 4.39 Å². The van der Waals surface area contributed by atoms with E-state index in [4.69, 9.17) is 0 Å². The minimum absolute atomic E-state index is 0.00655. The molecule has 0 aliphatic heterocycles. The molecule has 3 aromatic rings. The highest BCUT2D eigenvalue weighted by molar-refractivity contribution is 6.02. The number of aromatic nitrogens is 2. The maximum Gasteiger partial charge on any atom is 0.248 e. The number of rotatable bonds is 7. The summed E-state index contributed by atoms with van der Waals surface area (Å²) in [5.74, 6) is -0.597. The monoisotopic (exact) mass is 406 g/mol. The van der Waals surface area contributed by atoms with Gasteiger partial charge in [0.15, 0.2) is 0 Å². The Labute approximate surface area is 174 Å². The van der Waals surface area contributed by atoms with E-state index in [1.807, 2.05) is 12.1 Å². The van der Waals surface area contributed by atoms with Gasteiger partial charge in [-0.05, 0) is 48.0 Å². The van der Waals surface area contributed by atoms with Gasteiger partial charge in [-0.1, -0.05) is 19.1 Å². The van der Waals surface area contributed by atoms with Gasteiger partial charge in [-0.2, -0.15) is 5.10 Å². The maximum atomic E-state index is 13.2. The minimum atomic E-state index is -0.309. The van der Waals surface area contributed by atoms with Gasteiger partial charge in [-0.3, -0.25) is 14.3 Å². The van der Waals surface area contributed by atoms with Gasteiger partial charge in [-0.15, -0.1) is 0 Å². The number of anilines is 1. The number of carbonyl (C=O) groups is 2. The fourth-order valence-electron chi connectivity index (χ4n) is 2.92. The first-order valence-corrected chi connectivity index (χ1v) is 9.59. The van der Waals surface area contributed by atoms with Crippen LogP contribution in [0.15, 0.2) is 60.8 Å². The molecule has 1 aromatic heterocycles. The number of carbonyl (C=O) groups excluding carboxylic acids is 2. The van der Waals surface area contributed by atoms with Gasteiger partial charge in [0.1, 0.15) is 5.82 Å². The highest BCUT2D eigenvalue weighted by Crippen LogP contribution is 2.24. The first-order valence-electron chi connectivity index (χ1n) is 9.59. The predicted octanol–water partition coefficient (Wildman–Crippen LogP) is 3.90. The Hall–Kier alpha value is -3.74. The van der Waals surface area contributed by atoms with Crippen LogP contribution in [0.5, 0.6) is 0 Å². The molecule has 2 amide bonds. The van der Waals surface area contributed by atoms with Crippen molar-refractivity contribution in [3.8, 4) is 11.3 Å². The van der Waals surface area contributed by atoms with E-state index in [0.717, 1.165) is 22.4 Å². The lowest BCUT2D eigenvalue weighted by Gasteiger charge is -2.06. The molecular weight excluding hydrogens is 383 g/mol. The number of nitrogens with zero attached hydrogens (tertiary/aromatic N) is 2. The number of halogens is 1. The third kappa shape index (κ3) is 5.41. The van der Waals surface area contributed by atoms with Gasteiger partial charge < -0.3 is 10.6 Å². The molecule has 3 rings (SSSR count). The topological polar surface area (TPSA) is 76.0 Å². The Morgan fingerprint density at radius 3 is 2.47 bits per heavy atom. The third-order valence-electron chi connectivity index (χ3n) is 4.53. The van der Waals surface area contributed by atoms with Crippen LogP contribution in [0.1, 0.15) is 24.5 Å². The van der Waals surface area contributed by atoms with Crippen LogP contribution < -0.4 is 10.6 Å². The molecule has 0 bridgehead atoms. The second kappa shape index (κ2) is 9.65. The third-order valence-corrected chi connectivity index (χ3v) is 4.53. The lowest BCUT2D eigenvalue weighted by Crippen LogP contribution is -2.21. The zero-order chi connectivity index (χ0) is 21.5. The van der Waals surface area contributed by atoms with Gasteiger partial charge in [0.2, 0.25) is 11.8 Å². The standard InChI is InChI=1S/C23H23FN4O2/c1-3-21(29)25-14-16-4-11-20(12-5-16)27-22(30)13-8-18-15-26-28(2)23(18)17-6-9-19(24)10-7-17/h4-13,15H,3,14H2,1-2H3,(H,25,29)(H,27,30). The summed E-state index contributed by atoms with van der Waals surface area (Å²) >= 11 is 0. The molecule has 0 radical (unpaired) electrons. The highest BCUT2D eigenvalue weighted by Gasteiger charge is 2.09. The number of benzene rings is 2. The molecule has 0 saturated carbocycles. The van der Waals surface area contributed by atoms with Gasteiger partial charge >= 0.3 is 0 Å². The zero-order valence-electron chi connectivity index (χ0n) is 16.9. The fourth-order valence-corrected chi connectivity index (χ4v) is 2.92. The van der Waals surface area contributed by atoms with Crippen molar-refractivity contribution in [2.45, 2.75) is 19.9 Å². The summed E-state index contributed by atoms with van der Waals surface area (Å²) in [5, 5.41) is 9.84. The van der Waals surface area contributed by atoms with Crippen molar-refractivity contribution >= 4 is 23.6 Å². The van der Waals surface area contributed by atoms with Crippen molar-refractivity contribution < 1.29 is 14.0 Å². The average Bonchev–Trinajstić information content (AvgIpc) is 3.12. The van der Waals surface area contributed by atoms with Gasteiger partial charge in [0.25, 0.3) is 0 Å². The fraction of sp³-hybridized carbons (Fsp3) is 0.174. The number of hydrogen-bond acceptors (Lipinski definition) is 3. The molecule has 6 nitrogen and oxygen atoms in total. The van der Waals surface area contributed by atoms with E-state index >= 15 is 0 Å². The minimum Gasteiger partial charge on any atom is -0.352 e. The second-order valence-corrected chi connectivity index (χ2v) is 6.73. The van der Waals surface area contributed by atoms with Crippen molar-refractivity contribution in [3.63, 3.8) is 0 Å². The van der Waals surface area contributed by atoms with Crippen molar-refractivity contribution in [1.82, 2.24) is 15.1 Å². The Balaban J connectivity index is 1.64. The quantitative estimate of drug-likeness (QED) is 0.584.